The summed E-state index contributed by atoms with van der Waals surface area (Å²) in [6.45, 7) is 6.96. The summed E-state index contributed by atoms with van der Waals surface area (Å²) in [6.07, 6.45) is 31.0. The third-order valence-corrected chi connectivity index (χ3v) is 13.0. The van der Waals surface area contributed by atoms with Crippen molar-refractivity contribution in [2.45, 2.75) is 239 Å². The van der Waals surface area contributed by atoms with Crippen molar-refractivity contribution in [3.8, 4) is 0 Å². The molecule has 0 spiro atoms. The van der Waals surface area contributed by atoms with Gasteiger partial charge in [-0.15, -0.1) is 5.06 Å². The second-order valence-corrected chi connectivity index (χ2v) is 18.9. The van der Waals surface area contributed by atoms with Crippen LogP contribution in [-0.2, 0) is 56.3 Å². The molecular weight excluding hydrogens is 859 g/mol. The molecule has 1 aliphatic heterocycles. The minimum atomic E-state index is -1.72. The standard InChI is InChI=1S/C29H51NO6.C28H38O4/c1-3-5-7-9-11-13-15-17-19-23-29(27(33)34,24-20-18-16-14-12-10-8-6-4-2)28(35)36-30-25(31)21-22-26(30)32;1-2-3-4-5-6-7-8-9-16-21-26(27(29)31-22-24-17-12-10-13-18-24)28(30)32-23-25-19-14-11-15-20-25/h3-24H2,1-2H3,(H,33,34);10-15,17-20,26H,2-9,16,21-23H2,1H3. The monoisotopic (exact) mass is 948 g/mol. The molecule has 2 amide bonds. The summed E-state index contributed by atoms with van der Waals surface area (Å²) in [6, 6.07) is 19.0. The summed E-state index contributed by atoms with van der Waals surface area (Å²) in [5, 5.41) is 10.6. The number of carbonyl (C=O) groups is 6. The Balaban J connectivity index is 0.000000470. The predicted molar refractivity (Wildman–Crippen MR) is 269 cm³/mol. The van der Waals surface area contributed by atoms with Crippen LogP contribution in [0.5, 0.6) is 0 Å². The lowest BCUT2D eigenvalue weighted by Crippen LogP contribution is -2.45. The van der Waals surface area contributed by atoms with Gasteiger partial charge in [-0.05, 0) is 30.4 Å². The molecule has 11 heteroatoms. The zero-order valence-electron chi connectivity index (χ0n) is 42.5. The Morgan fingerprint density at radius 3 is 1.16 bits per heavy atom. The maximum Gasteiger partial charge on any atom is 0.350 e. The zero-order chi connectivity index (χ0) is 49.5. The van der Waals surface area contributed by atoms with Gasteiger partial charge in [0.15, 0.2) is 11.3 Å². The van der Waals surface area contributed by atoms with Gasteiger partial charge in [0.1, 0.15) is 13.2 Å². The number of ether oxygens (including phenoxy) is 2. The van der Waals surface area contributed by atoms with Crippen molar-refractivity contribution < 1.29 is 48.2 Å². The average Bonchev–Trinajstić information content (AvgIpc) is 3.66. The number of nitrogens with zero attached hydrogens (tertiary/aromatic N) is 1. The lowest BCUT2D eigenvalue weighted by Gasteiger charge is -2.28. The quantitative estimate of drug-likeness (QED) is 0.0296. The highest BCUT2D eigenvalue weighted by molar-refractivity contribution is 6.04. The van der Waals surface area contributed by atoms with Crippen molar-refractivity contribution in [3.63, 3.8) is 0 Å². The number of carbonyl (C=O) groups excluding carboxylic acids is 5. The van der Waals surface area contributed by atoms with Gasteiger partial charge in [-0.2, -0.15) is 0 Å². The number of rotatable bonds is 39. The lowest BCUT2D eigenvalue weighted by molar-refractivity contribution is -0.208. The number of hydrogen-bond acceptors (Lipinski definition) is 9. The predicted octanol–water partition coefficient (Wildman–Crippen LogP) is 14.5. The smallest absolute Gasteiger partial charge is 0.350 e. The molecule has 0 aliphatic carbocycles. The van der Waals surface area contributed by atoms with Gasteiger partial charge in [0, 0.05) is 12.8 Å². The minimum absolute atomic E-state index is 0.0112. The van der Waals surface area contributed by atoms with Gasteiger partial charge >= 0.3 is 23.9 Å². The molecule has 382 valence electrons. The van der Waals surface area contributed by atoms with E-state index >= 15 is 0 Å². The molecule has 1 fully saturated rings. The summed E-state index contributed by atoms with van der Waals surface area (Å²) >= 11 is 0. The van der Waals surface area contributed by atoms with Crippen molar-refractivity contribution in [1.82, 2.24) is 5.06 Å². The first-order valence-electron chi connectivity index (χ1n) is 26.8. The number of unbranched alkanes of at least 4 members (excludes halogenated alkanes) is 24. The van der Waals surface area contributed by atoms with Gasteiger partial charge in [0.2, 0.25) is 0 Å². The topological polar surface area (TPSA) is 154 Å². The Kier molecular flexibility index (Phi) is 33.6. The second kappa shape index (κ2) is 38.3. The molecule has 2 aromatic rings. The fourth-order valence-corrected chi connectivity index (χ4v) is 8.58. The first-order chi connectivity index (χ1) is 33.1. The van der Waals surface area contributed by atoms with Crippen LogP contribution in [0.2, 0.25) is 0 Å². The van der Waals surface area contributed by atoms with Crippen molar-refractivity contribution in [2.24, 2.45) is 11.3 Å². The Bertz CT molecular complexity index is 1570. The van der Waals surface area contributed by atoms with Crippen LogP contribution in [0.4, 0.5) is 0 Å². The maximum absolute atomic E-state index is 13.1. The van der Waals surface area contributed by atoms with Gasteiger partial charge in [-0.25, -0.2) is 4.79 Å². The van der Waals surface area contributed by atoms with Crippen LogP contribution in [0, 0.1) is 11.3 Å². The maximum atomic E-state index is 13.1. The number of amides is 2. The van der Waals surface area contributed by atoms with Crippen LogP contribution in [0.1, 0.15) is 237 Å². The van der Waals surface area contributed by atoms with E-state index in [0.717, 1.165) is 68.9 Å². The normalized spacial score (nSPS) is 12.5. The van der Waals surface area contributed by atoms with Gasteiger partial charge in [-0.3, -0.25) is 24.0 Å². The highest BCUT2D eigenvalue weighted by Crippen LogP contribution is 2.35. The third-order valence-electron chi connectivity index (χ3n) is 13.0. The number of carboxylic acid groups (broad SMARTS) is 1. The van der Waals surface area contributed by atoms with Crippen molar-refractivity contribution in [3.05, 3.63) is 71.8 Å². The highest BCUT2D eigenvalue weighted by Gasteiger charge is 2.49. The summed E-state index contributed by atoms with van der Waals surface area (Å²) in [5.74, 6) is -5.22. The van der Waals surface area contributed by atoms with E-state index in [1.807, 2.05) is 60.7 Å². The number of esters is 2. The number of hydrogen-bond donors (Lipinski definition) is 1. The first-order valence-corrected chi connectivity index (χ1v) is 26.8. The van der Waals surface area contributed by atoms with Crippen molar-refractivity contribution in [2.75, 3.05) is 0 Å². The number of carboxylic acids is 1. The second-order valence-electron chi connectivity index (χ2n) is 18.9. The molecule has 0 unspecified atom stereocenters. The number of imide groups is 1. The summed E-state index contributed by atoms with van der Waals surface area (Å²) in [5.41, 5.74) is 0.0893. The fourth-order valence-electron chi connectivity index (χ4n) is 8.58. The minimum Gasteiger partial charge on any atom is -0.480 e. The van der Waals surface area contributed by atoms with Crippen LogP contribution in [0.3, 0.4) is 0 Å². The molecule has 1 heterocycles. The number of hydroxylamine groups is 2. The molecule has 0 atom stereocenters. The van der Waals surface area contributed by atoms with E-state index in [9.17, 15) is 33.9 Å². The SMILES string of the molecule is CCCCCCCCCCCC(C(=O)OCc1ccccc1)C(=O)OCc1ccccc1.CCCCCCCCCCCC(CCCCCCCCCCC)(C(=O)O)C(=O)ON1C(=O)CCC1=O. The molecule has 11 nitrogen and oxygen atoms in total. The van der Waals surface area contributed by atoms with Crippen molar-refractivity contribution in [1.29, 1.82) is 0 Å². The first kappa shape index (κ1) is 59.6. The van der Waals surface area contributed by atoms with E-state index in [0.29, 0.717) is 24.3 Å². The van der Waals surface area contributed by atoms with Crippen LogP contribution in [-0.4, -0.2) is 45.9 Å². The van der Waals surface area contributed by atoms with Crippen molar-refractivity contribution >= 4 is 35.7 Å². The lowest BCUT2D eigenvalue weighted by atomic mass is 9.77. The van der Waals surface area contributed by atoms with Crippen LogP contribution < -0.4 is 0 Å². The molecule has 1 aliphatic rings. The summed E-state index contributed by atoms with van der Waals surface area (Å²) in [4.78, 5) is 80.1. The summed E-state index contributed by atoms with van der Waals surface area (Å²) in [7, 11) is 0. The van der Waals surface area contributed by atoms with E-state index < -0.39 is 47.0 Å². The molecule has 0 saturated carbocycles. The van der Waals surface area contributed by atoms with Crippen LogP contribution in [0.25, 0.3) is 0 Å². The Morgan fingerprint density at radius 2 is 0.824 bits per heavy atom. The highest BCUT2D eigenvalue weighted by atomic mass is 16.7. The Morgan fingerprint density at radius 1 is 0.500 bits per heavy atom. The molecule has 0 aromatic heterocycles. The molecule has 68 heavy (non-hydrogen) atoms. The van der Waals surface area contributed by atoms with E-state index in [-0.39, 0.29) is 38.9 Å². The van der Waals surface area contributed by atoms with Gasteiger partial charge in [0.25, 0.3) is 11.8 Å². The Hall–Kier alpha value is -4.54. The molecule has 0 radical (unpaired) electrons. The van der Waals surface area contributed by atoms with E-state index in [4.69, 9.17) is 14.3 Å². The largest absolute Gasteiger partial charge is 0.480 e. The fraction of sp³-hybridized carbons (Fsp3) is 0.684. The van der Waals surface area contributed by atoms with Gasteiger partial charge in [0.05, 0.1) is 0 Å². The Labute approximate surface area is 410 Å². The van der Waals surface area contributed by atoms with Gasteiger partial charge in [-0.1, -0.05) is 255 Å². The number of aliphatic carboxylic acids is 1. The van der Waals surface area contributed by atoms with E-state index in [2.05, 4.69) is 20.8 Å². The molecule has 1 N–H and O–H groups in total. The average molecular weight is 948 g/mol. The van der Waals surface area contributed by atoms with Gasteiger partial charge < -0.3 is 19.4 Å². The molecular formula is C57H89NO10. The molecule has 2 aromatic carbocycles. The third kappa shape index (κ3) is 25.7. The molecule has 3 rings (SSSR count). The zero-order valence-corrected chi connectivity index (χ0v) is 42.5. The number of benzene rings is 2. The molecule has 1 saturated heterocycles. The van der Waals surface area contributed by atoms with Crippen LogP contribution in [0.15, 0.2) is 60.7 Å². The van der Waals surface area contributed by atoms with E-state index in [1.165, 1.54) is 103 Å². The molecule has 0 bridgehead atoms. The van der Waals surface area contributed by atoms with E-state index in [1.54, 1.807) is 0 Å². The summed E-state index contributed by atoms with van der Waals surface area (Å²) < 4.78 is 10.9. The van der Waals surface area contributed by atoms with Crippen LogP contribution >= 0.6 is 0 Å².